The van der Waals surface area contributed by atoms with Crippen LogP contribution in [-0.4, -0.2) is 4.98 Å². The van der Waals surface area contributed by atoms with Gasteiger partial charge in [-0.3, -0.25) is 16.3 Å². The van der Waals surface area contributed by atoms with Crippen molar-refractivity contribution >= 4 is 10.9 Å². The van der Waals surface area contributed by atoms with E-state index in [1.165, 1.54) is 30.2 Å². The fourth-order valence-electron chi connectivity index (χ4n) is 5.54. The van der Waals surface area contributed by atoms with E-state index < -0.39 is 0 Å². The van der Waals surface area contributed by atoms with Gasteiger partial charge in [0.2, 0.25) is 0 Å². The Bertz CT molecular complexity index is 682. The van der Waals surface area contributed by atoms with Crippen LogP contribution in [0.3, 0.4) is 0 Å². The number of nitrogens with one attached hydrogen (secondary N) is 1. The molecule has 1 heterocycles. The highest BCUT2D eigenvalue weighted by molar-refractivity contribution is 5.79. The van der Waals surface area contributed by atoms with Gasteiger partial charge in [0.15, 0.2) is 0 Å². The molecule has 2 aromatic rings. The summed E-state index contributed by atoms with van der Waals surface area (Å²) in [6.07, 6.45) is 6.27. The third-order valence-corrected chi connectivity index (χ3v) is 6.35. The van der Waals surface area contributed by atoms with Crippen LogP contribution >= 0.6 is 0 Å². The number of pyridine rings is 1. The first-order valence-corrected chi connectivity index (χ1v) is 8.17. The molecule has 0 radical (unpaired) electrons. The lowest BCUT2D eigenvalue weighted by Gasteiger charge is -2.20. The zero-order valence-electron chi connectivity index (χ0n) is 12.1. The molecule has 5 rings (SSSR count). The molecule has 0 aliphatic heterocycles. The average molecular weight is 279 g/mol. The largest absolute Gasteiger partial charge is 0.271 e. The van der Waals surface area contributed by atoms with Crippen LogP contribution in [0.1, 0.15) is 30.9 Å². The number of hydrogen-bond donors (Lipinski definition) is 2. The van der Waals surface area contributed by atoms with Gasteiger partial charge >= 0.3 is 0 Å². The minimum absolute atomic E-state index is 0.301. The van der Waals surface area contributed by atoms with Gasteiger partial charge in [0.1, 0.15) is 0 Å². The Kier molecular flexibility index (Phi) is 2.47. The second kappa shape index (κ2) is 4.28. The van der Waals surface area contributed by atoms with E-state index in [-0.39, 0.29) is 0 Å². The Morgan fingerprint density at radius 3 is 2.71 bits per heavy atom. The lowest BCUT2D eigenvalue weighted by molar-refractivity contribution is 0.374. The van der Waals surface area contributed by atoms with Crippen LogP contribution in [0.4, 0.5) is 0 Å². The molecule has 1 aromatic carbocycles. The van der Waals surface area contributed by atoms with E-state index in [4.69, 9.17) is 5.84 Å². The number of rotatable bonds is 3. The quantitative estimate of drug-likeness (QED) is 0.670. The van der Waals surface area contributed by atoms with Crippen LogP contribution < -0.4 is 11.3 Å². The SMILES string of the molecule is NNC(c1ccc2cccnc2c1)C1C2C3CCC(C3)C21. The highest BCUT2D eigenvalue weighted by Crippen LogP contribution is 2.72. The number of benzene rings is 1. The standard InChI is InChI=1S/C18H21N3/c19-21-18(17-15-11-4-5-12(8-11)16(15)17)13-6-3-10-2-1-7-20-14(10)9-13/h1-3,6-7,9,11-12,15-18,21H,4-5,8,19H2. The molecule has 108 valence electrons. The monoisotopic (exact) mass is 279 g/mol. The number of nitrogens with zero attached hydrogens (tertiary/aromatic N) is 1. The molecule has 3 fully saturated rings. The molecule has 21 heavy (non-hydrogen) atoms. The molecular formula is C18H21N3. The summed E-state index contributed by atoms with van der Waals surface area (Å²) in [5, 5.41) is 1.20. The van der Waals surface area contributed by atoms with Crippen LogP contribution in [-0.2, 0) is 0 Å². The Labute approximate surface area is 124 Å². The van der Waals surface area contributed by atoms with Gasteiger partial charge in [-0.25, -0.2) is 0 Å². The summed E-state index contributed by atoms with van der Waals surface area (Å²) >= 11 is 0. The normalized spacial score (nSPS) is 37.7. The topological polar surface area (TPSA) is 50.9 Å². The van der Waals surface area contributed by atoms with Crippen LogP contribution in [0.25, 0.3) is 10.9 Å². The summed E-state index contributed by atoms with van der Waals surface area (Å²) in [6.45, 7) is 0. The predicted molar refractivity (Wildman–Crippen MR) is 83.1 cm³/mol. The summed E-state index contributed by atoms with van der Waals surface area (Å²) in [7, 11) is 0. The first-order chi connectivity index (χ1) is 10.4. The summed E-state index contributed by atoms with van der Waals surface area (Å²) in [4.78, 5) is 4.48. The van der Waals surface area contributed by atoms with E-state index in [1.54, 1.807) is 0 Å². The lowest BCUT2D eigenvalue weighted by Crippen LogP contribution is -2.31. The van der Waals surface area contributed by atoms with Gasteiger partial charge in [-0.15, -0.1) is 0 Å². The van der Waals surface area contributed by atoms with Gasteiger partial charge in [-0.05, 0) is 66.5 Å². The van der Waals surface area contributed by atoms with Gasteiger partial charge in [0, 0.05) is 17.6 Å². The van der Waals surface area contributed by atoms with Crippen molar-refractivity contribution in [2.24, 2.45) is 35.4 Å². The van der Waals surface area contributed by atoms with Gasteiger partial charge in [-0.1, -0.05) is 18.2 Å². The fourth-order valence-corrected chi connectivity index (χ4v) is 5.54. The highest BCUT2D eigenvalue weighted by atomic mass is 15.2. The molecule has 2 bridgehead atoms. The molecule has 3 aliphatic carbocycles. The van der Waals surface area contributed by atoms with E-state index in [9.17, 15) is 0 Å². The van der Waals surface area contributed by atoms with Crippen LogP contribution in [0.2, 0.25) is 0 Å². The minimum Gasteiger partial charge on any atom is -0.271 e. The number of fused-ring (bicyclic) bond motifs is 6. The molecule has 0 spiro atoms. The number of nitrogens with two attached hydrogens (primary N) is 1. The Morgan fingerprint density at radius 1 is 1.14 bits per heavy atom. The highest BCUT2D eigenvalue weighted by Gasteiger charge is 2.66. The van der Waals surface area contributed by atoms with Crippen LogP contribution in [0.15, 0.2) is 36.5 Å². The summed E-state index contributed by atoms with van der Waals surface area (Å²) in [5.74, 6) is 10.5. The third kappa shape index (κ3) is 1.65. The molecule has 3 heteroatoms. The number of hydrogen-bond acceptors (Lipinski definition) is 3. The second-order valence-electron chi connectivity index (χ2n) is 7.17. The molecule has 3 saturated carbocycles. The first kappa shape index (κ1) is 12.1. The van der Waals surface area contributed by atoms with Gasteiger partial charge in [0.05, 0.1) is 5.52 Å². The zero-order valence-corrected chi connectivity index (χ0v) is 12.1. The Hall–Kier alpha value is -1.45. The fraction of sp³-hybridized carbons (Fsp3) is 0.500. The van der Waals surface area contributed by atoms with Crippen molar-refractivity contribution in [1.82, 2.24) is 10.4 Å². The van der Waals surface area contributed by atoms with E-state index in [0.717, 1.165) is 35.1 Å². The van der Waals surface area contributed by atoms with Crippen molar-refractivity contribution in [1.29, 1.82) is 0 Å². The van der Waals surface area contributed by atoms with Crippen molar-refractivity contribution < 1.29 is 0 Å². The molecule has 5 unspecified atom stereocenters. The molecule has 0 saturated heterocycles. The average Bonchev–Trinajstić information content (AvgIpc) is 2.94. The van der Waals surface area contributed by atoms with Crippen molar-refractivity contribution in [3.8, 4) is 0 Å². The van der Waals surface area contributed by atoms with E-state index in [2.05, 4.69) is 34.7 Å². The maximum Gasteiger partial charge on any atom is 0.0705 e. The van der Waals surface area contributed by atoms with E-state index in [1.807, 2.05) is 12.3 Å². The maximum atomic E-state index is 5.93. The molecule has 3 N–H and O–H groups in total. The van der Waals surface area contributed by atoms with Crippen molar-refractivity contribution in [2.75, 3.05) is 0 Å². The lowest BCUT2D eigenvalue weighted by atomic mass is 9.93. The molecular weight excluding hydrogens is 258 g/mol. The van der Waals surface area contributed by atoms with Gasteiger partial charge in [0.25, 0.3) is 0 Å². The Morgan fingerprint density at radius 2 is 1.95 bits per heavy atom. The van der Waals surface area contributed by atoms with Crippen molar-refractivity contribution in [2.45, 2.75) is 25.3 Å². The maximum absolute atomic E-state index is 5.93. The molecule has 3 nitrogen and oxygen atoms in total. The first-order valence-electron chi connectivity index (χ1n) is 8.17. The summed E-state index contributed by atoms with van der Waals surface area (Å²) in [6, 6.07) is 11.0. The van der Waals surface area contributed by atoms with Crippen molar-refractivity contribution in [3.05, 3.63) is 42.1 Å². The third-order valence-electron chi connectivity index (χ3n) is 6.35. The predicted octanol–water partition coefficient (Wildman–Crippen LogP) is 3.03. The van der Waals surface area contributed by atoms with E-state index in [0.29, 0.717) is 6.04 Å². The summed E-state index contributed by atoms with van der Waals surface area (Å²) < 4.78 is 0. The minimum atomic E-state index is 0.301. The summed E-state index contributed by atoms with van der Waals surface area (Å²) in [5.41, 5.74) is 5.50. The Balaban J connectivity index is 1.49. The van der Waals surface area contributed by atoms with Crippen molar-refractivity contribution in [3.63, 3.8) is 0 Å². The van der Waals surface area contributed by atoms with Crippen LogP contribution in [0.5, 0.6) is 0 Å². The van der Waals surface area contributed by atoms with Gasteiger partial charge < -0.3 is 0 Å². The number of hydrazine groups is 1. The van der Waals surface area contributed by atoms with E-state index >= 15 is 0 Å². The number of aromatic nitrogens is 1. The molecule has 5 atom stereocenters. The smallest absolute Gasteiger partial charge is 0.0705 e. The van der Waals surface area contributed by atoms with Crippen LogP contribution in [0, 0.1) is 29.6 Å². The van der Waals surface area contributed by atoms with Gasteiger partial charge in [-0.2, -0.15) is 0 Å². The zero-order chi connectivity index (χ0) is 14.0. The molecule has 1 aromatic heterocycles. The molecule has 0 amide bonds. The molecule has 3 aliphatic rings. The second-order valence-corrected chi connectivity index (χ2v) is 7.17.